The normalized spacial score (nSPS) is 26.8. The van der Waals surface area contributed by atoms with Crippen molar-refractivity contribution in [2.45, 2.75) is 49.3 Å². The van der Waals surface area contributed by atoms with Crippen LogP contribution >= 0.6 is 11.6 Å². The van der Waals surface area contributed by atoms with E-state index in [2.05, 4.69) is 25.8 Å². The number of nitrogens with one attached hydrogen (secondary N) is 2. The second-order valence-corrected chi connectivity index (χ2v) is 8.94. The standard InChI is InChI=1S/C21H22ClFN6O3/c22-14-2-1-13(9-15(14)23)32-11-17(31)26-20-3-5-21(6-4-20,16(30)10-20)27-18-19-28-25-12-29(19)8-7-24-18/h1-2,7-9,12,16,30H,3-6,10-11H2,(H,24,27)(H,26,31)/t16-,20?,21?/m0/s1. The lowest BCUT2D eigenvalue weighted by Crippen LogP contribution is -2.67. The molecule has 168 valence electrons. The third-order valence-corrected chi connectivity index (χ3v) is 6.88. The summed E-state index contributed by atoms with van der Waals surface area (Å²) in [6.45, 7) is -0.249. The van der Waals surface area contributed by atoms with Gasteiger partial charge in [0.25, 0.3) is 5.91 Å². The van der Waals surface area contributed by atoms with E-state index in [-0.39, 0.29) is 23.3 Å². The Morgan fingerprint density at radius 1 is 1.34 bits per heavy atom. The third-order valence-electron chi connectivity index (χ3n) is 6.57. The van der Waals surface area contributed by atoms with Crippen LogP contribution in [0.5, 0.6) is 5.75 Å². The Morgan fingerprint density at radius 2 is 2.16 bits per heavy atom. The summed E-state index contributed by atoms with van der Waals surface area (Å²) in [7, 11) is 0. The number of rotatable bonds is 6. The fraction of sp³-hybridized carbons (Fsp3) is 0.429. The zero-order valence-corrected chi connectivity index (χ0v) is 17.8. The smallest absolute Gasteiger partial charge is 0.258 e. The molecule has 1 atom stereocenters. The van der Waals surface area contributed by atoms with Crippen molar-refractivity contribution in [1.29, 1.82) is 0 Å². The highest BCUT2D eigenvalue weighted by molar-refractivity contribution is 6.30. The monoisotopic (exact) mass is 460 g/mol. The summed E-state index contributed by atoms with van der Waals surface area (Å²) in [5, 5.41) is 25.5. The van der Waals surface area contributed by atoms with Crippen molar-refractivity contribution in [1.82, 2.24) is 24.9 Å². The van der Waals surface area contributed by atoms with E-state index in [9.17, 15) is 14.3 Å². The second-order valence-electron chi connectivity index (χ2n) is 8.53. The summed E-state index contributed by atoms with van der Waals surface area (Å²) >= 11 is 5.66. The molecule has 0 radical (unpaired) electrons. The molecule has 2 heterocycles. The maximum absolute atomic E-state index is 13.5. The molecule has 6 rings (SSSR count). The number of carbonyl (C=O) groups excluding carboxylic acids is 1. The first-order chi connectivity index (χ1) is 15.4. The van der Waals surface area contributed by atoms with Gasteiger partial charge in [-0.05, 0) is 44.2 Å². The van der Waals surface area contributed by atoms with Crippen LogP contribution in [-0.4, -0.2) is 54.4 Å². The first-order valence-corrected chi connectivity index (χ1v) is 10.8. The number of aliphatic hydroxyl groups is 1. The van der Waals surface area contributed by atoms with Crippen LogP contribution in [0.2, 0.25) is 5.02 Å². The highest BCUT2D eigenvalue weighted by atomic mass is 35.5. The molecule has 3 aromatic rings. The molecular weight excluding hydrogens is 439 g/mol. The van der Waals surface area contributed by atoms with Crippen LogP contribution in [-0.2, 0) is 4.79 Å². The van der Waals surface area contributed by atoms with Gasteiger partial charge in [-0.15, -0.1) is 10.2 Å². The SMILES string of the molecule is O=C(COc1ccc(Cl)c(F)c1)NC12CCC(Nc3nccn4cnnc34)(CC1)[C@@H](O)C2. The number of fused-ring (bicyclic) bond motifs is 4. The Morgan fingerprint density at radius 3 is 2.91 bits per heavy atom. The number of nitrogens with zero attached hydrogens (tertiary/aromatic N) is 4. The van der Waals surface area contributed by atoms with Crippen LogP contribution in [0, 0.1) is 5.82 Å². The predicted octanol–water partition coefficient (Wildman–Crippen LogP) is 2.34. The van der Waals surface area contributed by atoms with Crippen molar-refractivity contribution in [3.8, 4) is 5.75 Å². The number of aliphatic hydroxyl groups excluding tert-OH is 1. The lowest BCUT2D eigenvalue weighted by Gasteiger charge is -2.56. The molecule has 9 nitrogen and oxygen atoms in total. The maximum atomic E-state index is 13.5. The van der Waals surface area contributed by atoms with Gasteiger partial charge in [-0.1, -0.05) is 11.6 Å². The fourth-order valence-corrected chi connectivity index (χ4v) is 4.91. The molecule has 11 heteroatoms. The number of carbonyl (C=O) groups is 1. The van der Waals surface area contributed by atoms with Gasteiger partial charge in [0.2, 0.25) is 5.65 Å². The molecule has 1 aromatic carbocycles. The van der Waals surface area contributed by atoms with E-state index in [1.807, 2.05) is 0 Å². The topological polar surface area (TPSA) is 114 Å². The molecule has 2 aromatic heterocycles. The number of amides is 1. The van der Waals surface area contributed by atoms with Gasteiger partial charge in [-0.25, -0.2) is 9.37 Å². The summed E-state index contributed by atoms with van der Waals surface area (Å²) in [6, 6.07) is 4.03. The lowest BCUT2D eigenvalue weighted by molar-refractivity contribution is -0.128. The molecule has 3 aliphatic rings. The zero-order valence-electron chi connectivity index (χ0n) is 17.1. The minimum atomic E-state index is -0.679. The predicted molar refractivity (Wildman–Crippen MR) is 114 cm³/mol. The number of anilines is 1. The molecule has 3 saturated carbocycles. The molecule has 3 fully saturated rings. The molecule has 1 amide bonds. The summed E-state index contributed by atoms with van der Waals surface area (Å²) in [5.74, 6) is -0.118. The van der Waals surface area contributed by atoms with Crippen LogP contribution < -0.4 is 15.4 Å². The molecule has 0 aliphatic heterocycles. The van der Waals surface area contributed by atoms with Crippen molar-refractivity contribution in [3.63, 3.8) is 0 Å². The molecule has 32 heavy (non-hydrogen) atoms. The highest BCUT2D eigenvalue weighted by Gasteiger charge is 2.55. The Bertz CT molecular complexity index is 1160. The van der Waals surface area contributed by atoms with E-state index >= 15 is 0 Å². The van der Waals surface area contributed by atoms with Crippen LogP contribution in [0.1, 0.15) is 32.1 Å². The lowest BCUT2D eigenvalue weighted by atomic mass is 9.60. The minimum Gasteiger partial charge on any atom is -0.484 e. The Balaban J connectivity index is 1.22. The van der Waals surface area contributed by atoms with E-state index in [1.165, 1.54) is 12.1 Å². The summed E-state index contributed by atoms with van der Waals surface area (Å²) < 4.78 is 20.7. The fourth-order valence-electron chi connectivity index (χ4n) is 4.79. The average Bonchev–Trinajstić information content (AvgIpc) is 3.26. The largest absolute Gasteiger partial charge is 0.484 e. The number of ether oxygens (including phenoxy) is 1. The third kappa shape index (κ3) is 3.73. The average molecular weight is 461 g/mol. The van der Waals surface area contributed by atoms with Gasteiger partial charge in [0.1, 0.15) is 17.9 Å². The van der Waals surface area contributed by atoms with Crippen LogP contribution in [0.25, 0.3) is 5.65 Å². The number of halogens is 2. The molecule has 0 spiro atoms. The number of hydrogen-bond acceptors (Lipinski definition) is 7. The summed E-state index contributed by atoms with van der Waals surface area (Å²) in [5.41, 5.74) is -0.437. The quantitative estimate of drug-likeness (QED) is 0.517. The van der Waals surface area contributed by atoms with Crippen molar-refractivity contribution in [2.24, 2.45) is 0 Å². The van der Waals surface area contributed by atoms with Crippen molar-refractivity contribution in [3.05, 3.63) is 47.8 Å². The van der Waals surface area contributed by atoms with Gasteiger partial charge in [-0.3, -0.25) is 9.20 Å². The van der Waals surface area contributed by atoms with E-state index < -0.39 is 23.0 Å². The van der Waals surface area contributed by atoms with Crippen molar-refractivity contribution >= 4 is 29.0 Å². The molecule has 0 saturated heterocycles. The van der Waals surface area contributed by atoms with Gasteiger partial charge >= 0.3 is 0 Å². The zero-order chi connectivity index (χ0) is 22.3. The Labute approximate surface area is 188 Å². The van der Waals surface area contributed by atoms with Crippen LogP contribution in [0.3, 0.4) is 0 Å². The number of benzene rings is 1. The van der Waals surface area contributed by atoms with E-state index in [1.54, 1.807) is 23.1 Å². The number of aromatic nitrogens is 4. The van der Waals surface area contributed by atoms with Gasteiger partial charge in [0, 0.05) is 24.0 Å². The molecule has 3 N–H and O–H groups in total. The van der Waals surface area contributed by atoms with Gasteiger partial charge in [0.15, 0.2) is 12.4 Å². The molecule has 2 bridgehead atoms. The van der Waals surface area contributed by atoms with Gasteiger partial charge in [-0.2, -0.15) is 0 Å². The Kier molecular flexibility index (Phi) is 5.13. The molecule has 3 aliphatic carbocycles. The first kappa shape index (κ1) is 20.9. The second kappa shape index (κ2) is 7.86. The van der Waals surface area contributed by atoms with Crippen molar-refractivity contribution < 1.29 is 19.0 Å². The minimum absolute atomic E-state index is 0.00775. The molecular formula is C21H22ClFN6O3. The van der Waals surface area contributed by atoms with Gasteiger partial charge < -0.3 is 20.5 Å². The number of hydrogen-bond donors (Lipinski definition) is 3. The summed E-state index contributed by atoms with van der Waals surface area (Å²) in [4.78, 5) is 16.9. The van der Waals surface area contributed by atoms with Crippen LogP contribution in [0.4, 0.5) is 10.2 Å². The van der Waals surface area contributed by atoms with Crippen molar-refractivity contribution in [2.75, 3.05) is 11.9 Å². The van der Waals surface area contributed by atoms with E-state index in [0.29, 0.717) is 43.6 Å². The highest BCUT2D eigenvalue weighted by Crippen LogP contribution is 2.48. The maximum Gasteiger partial charge on any atom is 0.258 e. The van der Waals surface area contributed by atoms with Gasteiger partial charge in [0.05, 0.1) is 16.7 Å². The first-order valence-electron chi connectivity index (χ1n) is 10.4. The summed E-state index contributed by atoms with van der Waals surface area (Å²) in [6.07, 6.45) is 7.48. The Hall–Kier alpha value is -2.98. The van der Waals surface area contributed by atoms with E-state index in [0.717, 1.165) is 6.07 Å². The van der Waals surface area contributed by atoms with E-state index in [4.69, 9.17) is 16.3 Å². The van der Waals surface area contributed by atoms with Crippen LogP contribution in [0.15, 0.2) is 36.9 Å². The molecule has 0 unspecified atom stereocenters.